The van der Waals surface area contributed by atoms with Gasteiger partial charge in [0.05, 0.1) is 12.9 Å². The molecule has 2 aromatic heterocycles. The molecule has 0 aliphatic heterocycles. The molecule has 0 saturated heterocycles. The van der Waals surface area contributed by atoms with Gasteiger partial charge in [0, 0.05) is 19.1 Å². The number of nitrogens with two attached hydrogens (primary N) is 1. The number of H-pyrrole nitrogens is 1. The maximum Gasteiger partial charge on any atom is 0.240 e. The van der Waals surface area contributed by atoms with Crippen LogP contribution in [0.15, 0.2) is 12.7 Å². The van der Waals surface area contributed by atoms with Crippen molar-refractivity contribution in [2.75, 3.05) is 25.0 Å². The molecule has 1 amide bonds. The Hall–Kier alpha value is -2.22. The number of rotatable bonds is 7. The van der Waals surface area contributed by atoms with Crippen molar-refractivity contribution in [1.29, 1.82) is 0 Å². The molecular formula is C15H25N7O. The molecule has 23 heavy (non-hydrogen) atoms. The summed E-state index contributed by atoms with van der Waals surface area (Å²) in [7, 11) is 1.81. The van der Waals surface area contributed by atoms with Crippen LogP contribution in [-0.4, -0.2) is 51.5 Å². The lowest BCUT2D eigenvalue weighted by Crippen LogP contribution is -2.54. The number of amides is 1. The lowest BCUT2D eigenvalue weighted by molar-refractivity contribution is -0.121. The van der Waals surface area contributed by atoms with Crippen molar-refractivity contribution >= 4 is 22.9 Å². The summed E-state index contributed by atoms with van der Waals surface area (Å²) in [5.41, 5.74) is 6.73. The van der Waals surface area contributed by atoms with Crippen LogP contribution in [0, 0.1) is 5.92 Å². The van der Waals surface area contributed by atoms with Crippen LogP contribution in [0.1, 0.15) is 27.2 Å². The van der Waals surface area contributed by atoms with Crippen LogP contribution < -0.4 is 16.0 Å². The van der Waals surface area contributed by atoms with Gasteiger partial charge in [0.15, 0.2) is 11.5 Å². The molecule has 0 saturated carbocycles. The Labute approximate surface area is 135 Å². The number of hydrogen-bond acceptors (Lipinski definition) is 6. The van der Waals surface area contributed by atoms with Gasteiger partial charge in [-0.1, -0.05) is 13.8 Å². The largest absolute Gasteiger partial charge is 0.348 e. The highest BCUT2D eigenvalue weighted by molar-refractivity contribution is 5.87. The molecule has 4 N–H and O–H groups in total. The number of aromatic nitrogens is 4. The van der Waals surface area contributed by atoms with Crippen LogP contribution in [0.4, 0.5) is 5.82 Å². The predicted octanol–water partition coefficient (Wildman–Crippen LogP) is 0.669. The van der Waals surface area contributed by atoms with Gasteiger partial charge in [0.1, 0.15) is 11.8 Å². The number of aromatic amines is 1. The highest BCUT2D eigenvalue weighted by atomic mass is 16.2. The summed E-state index contributed by atoms with van der Waals surface area (Å²) in [5.74, 6) is 1.00. The monoisotopic (exact) mass is 319 g/mol. The number of anilines is 1. The molecule has 126 valence electrons. The molecule has 0 aliphatic carbocycles. The summed E-state index contributed by atoms with van der Waals surface area (Å²) in [5, 5.41) is 3.04. The quantitative estimate of drug-likeness (QED) is 0.691. The molecule has 2 aromatic rings. The number of hydrogen-bond donors (Lipinski definition) is 3. The van der Waals surface area contributed by atoms with Crippen LogP contribution in [-0.2, 0) is 4.79 Å². The topological polar surface area (TPSA) is 113 Å². The predicted molar refractivity (Wildman–Crippen MR) is 90.0 cm³/mol. The van der Waals surface area contributed by atoms with Gasteiger partial charge in [-0.3, -0.25) is 4.79 Å². The third kappa shape index (κ3) is 4.16. The summed E-state index contributed by atoms with van der Waals surface area (Å²) in [6.45, 7) is 6.78. The standard InChI is InChI=1S/C15H25N7O/c1-10(2)5-15(3,7-16)21-11(23)6-22(4)14-12-13(18-8-17-12)19-9-20-14/h8-10H,5-7,16H2,1-4H3,(H,21,23)(H,17,18,19,20). The number of nitrogens with zero attached hydrogens (tertiary/aromatic N) is 4. The smallest absolute Gasteiger partial charge is 0.240 e. The van der Waals surface area contributed by atoms with Crippen LogP contribution in [0.5, 0.6) is 0 Å². The molecule has 1 unspecified atom stereocenters. The summed E-state index contributed by atoms with van der Waals surface area (Å²) >= 11 is 0. The molecule has 0 bridgehead atoms. The fraction of sp³-hybridized carbons (Fsp3) is 0.600. The Morgan fingerprint density at radius 1 is 1.43 bits per heavy atom. The van der Waals surface area contributed by atoms with Gasteiger partial charge in [0.25, 0.3) is 0 Å². The first kappa shape index (κ1) is 17.1. The maximum atomic E-state index is 12.4. The molecule has 8 heteroatoms. The second-order valence-electron chi connectivity index (χ2n) is 6.57. The van der Waals surface area contributed by atoms with E-state index in [-0.39, 0.29) is 12.5 Å². The Morgan fingerprint density at radius 3 is 2.83 bits per heavy atom. The SMILES string of the molecule is CC(C)CC(C)(CN)NC(=O)CN(C)c1ncnc2nc[nH]c12. The van der Waals surface area contributed by atoms with Gasteiger partial charge in [0.2, 0.25) is 5.91 Å². The zero-order chi connectivity index (χ0) is 17.0. The summed E-state index contributed by atoms with van der Waals surface area (Å²) < 4.78 is 0. The van der Waals surface area contributed by atoms with Gasteiger partial charge in [-0.25, -0.2) is 15.0 Å². The van der Waals surface area contributed by atoms with Gasteiger partial charge in [-0.15, -0.1) is 0 Å². The van der Waals surface area contributed by atoms with Crippen molar-refractivity contribution in [2.24, 2.45) is 11.7 Å². The highest BCUT2D eigenvalue weighted by Gasteiger charge is 2.26. The lowest BCUT2D eigenvalue weighted by Gasteiger charge is -2.32. The van der Waals surface area contributed by atoms with E-state index in [2.05, 4.69) is 39.1 Å². The van der Waals surface area contributed by atoms with Crippen molar-refractivity contribution in [3.05, 3.63) is 12.7 Å². The summed E-state index contributed by atoms with van der Waals surface area (Å²) in [4.78, 5) is 29.5. The van der Waals surface area contributed by atoms with Crippen LogP contribution >= 0.6 is 0 Å². The third-order valence-corrected chi connectivity index (χ3v) is 3.70. The van der Waals surface area contributed by atoms with Gasteiger partial charge in [-0.2, -0.15) is 0 Å². The van der Waals surface area contributed by atoms with E-state index in [0.29, 0.717) is 29.4 Å². The first-order valence-electron chi connectivity index (χ1n) is 7.71. The van der Waals surface area contributed by atoms with Crippen LogP contribution in [0.3, 0.4) is 0 Å². The van der Waals surface area contributed by atoms with Gasteiger partial charge < -0.3 is 20.9 Å². The fourth-order valence-electron chi connectivity index (χ4n) is 2.79. The molecule has 2 heterocycles. The molecule has 0 radical (unpaired) electrons. The molecule has 1 atom stereocenters. The van der Waals surface area contributed by atoms with E-state index < -0.39 is 5.54 Å². The van der Waals surface area contributed by atoms with Crippen LogP contribution in [0.2, 0.25) is 0 Å². The van der Waals surface area contributed by atoms with E-state index in [1.165, 1.54) is 6.33 Å². The van der Waals surface area contributed by atoms with Gasteiger partial charge >= 0.3 is 0 Å². The number of imidazole rings is 1. The first-order chi connectivity index (χ1) is 10.8. The van der Waals surface area contributed by atoms with E-state index in [1.807, 2.05) is 14.0 Å². The summed E-state index contributed by atoms with van der Waals surface area (Å²) in [6.07, 6.45) is 3.83. The highest BCUT2D eigenvalue weighted by Crippen LogP contribution is 2.18. The van der Waals surface area contributed by atoms with E-state index in [0.717, 1.165) is 6.42 Å². The fourth-order valence-corrected chi connectivity index (χ4v) is 2.79. The molecule has 0 fully saturated rings. The Kier molecular flexibility index (Phi) is 5.15. The molecular weight excluding hydrogens is 294 g/mol. The Morgan fingerprint density at radius 2 is 2.17 bits per heavy atom. The van der Waals surface area contributed by atoms with Crippen molar-refractivity contribution < 1.29 is 4.79 Å². The van der Waals surface area contributed by atoms with Crippen molar-refractivity contribution in [1.82, 2.24) is 25.3 Å². The number of carbonyl (C=O) groups is 1. The normalized spacial score (nSPS) is 14.0. The Bertz CT molecular complexity index is 669. The van der Waals surface area contributed by atoms with Crippen molar-refractivity contribution in [3.8, 4) is 0 Å². The molecule has 8 nitrogen and oxygen atoms in total. The lowest BCUT2D eigenvalue weighted by atomic mass is 9.91. The van der Waals surface area contributed by atoms with E-state index in [4.69, 9.17) is 5.73 Å². The zero-order valence-corrected chi connectivity index (χ0v) is 14.1. The second kappa shape index (κ2) is 6.91. The van der Waals surface area contributed by atoms with E-state index >= 15 is 0 Å². The zero-order valence-electron chi connectivity index (χ0n) is 14.1. The Balaban J connectivity index is 2.06. The average molecular weight is 319 g/mol. The average Bonchev–Trinajstić information content (AvgIpc) is 2.94. The second-order valence-corrected chi connectivity index (χ2v) is 6.57. The van der Waals surface area contributed by atoms with E-state index in [9.17, 15) is 4.79 Å². The third-order valence-electron chi connectivity index (χ3n) is 3.70. The summed E-state index contributed by atoms with van der Waals surface area (Å²) in [6, 6.07) is 0. The molecule has 0 spiro atoms. The minimum Gasteiger partial charge on any atom is -0.348 e. The van der Waals surface area contributed by atoms with Crippen molar-refractivity contribution in [3.63, 3.8) is 0 Å². The minimum absolute atomic E-state index is 0.0904. The molecule has 0 aliphatic rings. The number of nitrogens with one attached hydrogen (secondary N) is 2. The van der Waals surface area contributed by atoms with E-state index in [1.54, 1.807) is 11.2 Å². The molecule has 0 aromatic carbocycles. The number of fused-ring (bicyclic) bond motifs is 1. The van der Waals surface area contributed by atoms with Gasteiger partial charge in [-0.05, 0) is 19.3 Å². The number of carbonyl (C=O) groups excluding carboxylic acids is 1. The first-order valence-corrected chi connectivity index (χ1v) is 7.71. The van der Waals surface area contributed by atoms with Crippen molar-refractivity contribution in [2.45, 2.75) is 32.7 Å². The number of likely N-dealkylation sites (N-methyl/N-ethyl adjacent to an activating group) is 1. The minimum atomic E-state index is -0.402. The molecule has 2 rings (SSSR count). The maximum absolute atomic E-state index is 12.4. The van der Waals surface area contributed by atoms with Crippen LogP contribution in [0.25, 0.3) is 11.2 Å².